The zero-order valence-corrected chi connectivity index (χ0v) is 15.3. The van der Waals surface area contributed by atoms with Gasteiger partial charge in [0.05, 0.1) is 5.69 Å². The molecule has 0 saturated carbocycles. The molecule has 4 heterocycles. The van der Waals surface area contributed by atoms with Crippen molar-refractivity contribution in [2.45, 2.75) is 31.1 Å². The summed E-state index contributed by atoms with van der Waals surface area (Å²) in [7, 11) is 0. The van der Waals surface area contributed by atoms with Gasteiger partial charge in [-0.2, -0.15) is 0 Å². The molecule has 9 heteroatoms. The Morgan fingerprint density at radius 3 is 2.86 bits per heavy atom. The van der Waals surface area contributed by atoms with Crippen molar-refractivity contribution < 1.29 is 4.79 Å². The first-order valence-electron chi connectivity index (χ1n) is 9.38. The number of pyridine rings is 1. The third-order valence-corrected chi connectivity index (χ3v) is 5.76. The van der Waals surface area contributed by atoms with Crippen molar-refractivity contribution >= 4 is 11.9 Å². The molecular weight excluding hydrogens is 356 g/mol. The number of likely N-dealkylation sites (tertiary alicyclic amines) is 1. The highest BCUT2D eigenvalue weighted by molar-refractivity contribution is 5.92. The molecule has 0 radical (unpaired) electrons. The van der Waals surface area contributed by atoms with Crippen LogP contribution in [0.3, 0.4) is 0 Å². The van der Waals surface area contributed by atoms with Gasteiger partial charge in [-0.1, -0.05) is 6.07 Å². The van der Waals surface area contributed by atoms with E-state index >= 15 is 0 Å². The van der Waals surface area contributed by atoms with Crippen LogP contribution in [-0.2, 0) is 11.8 Å². The van der Waals surface area contributed by atoms with Gasteiger partial charge >= 0.3 is 0 Å². The van der Waals surface area contributed by atoms with Gasteiger partial charge in [0.1, 0.15) is 24.2 Å². The van der Waals surface area contributed by atoms with E-state index in [1.54, 1.807) is 23.3 Å². The molecule has 1 aliphatic carbocycles. The fraction of sp³-hybridized carbons (Fsp3) is 0.368. The van der Waals surface area contributed by atoms with Gasteiger partial charge in [-0.3, -0.25) is 9.36 Å². The lowest BCUT2D eigenvalue weighted by atomic mass is 9.77. The Morgan fingerprint density at radius 1 is 1.14 bits per heavy atom. The Labute approximate surface area is 161 Å². The summed E-state index contributed by atoms with van der Waals surface area (Å²) in [5, 5.41) is 7.59. The summed E-state index contributed by atoms with van der Waals surface area (Å²) in [5.74, 6) is 0.852. The van der Waals surface area contributed by atoms with E-state index in [2.05, 4.69) is 25.1 Å². The van der Waals surface area contributed by atoms with Gasteiger partial charge in [0.25, 0.3) is 5.91 Å². The molecule has 1 aliphatic heterocycles. The second-order valence-corrected chi connectivity index (χ2v) is 7.46. The van der Waals surface area contributed by atoms with Crippen molar-refractivity contribution in [2.24, 2.45) is 0 Å². The Bertz CT molecular complexity index is 1030. The van der Waals surface area contributed by atoms with Gasteiger partial charge in [0.2, 0.25) is 5.95 Å². The topological polar surface area (TPSA) is 116 Å². The minimum atomic E-state index is -0.133. The summed E-state index contributed by atoms with van der Waals surface area (Å²) >= 11 is 0. The number of carbonyl (C=O) groups is 1. The van der Waals surface area contributed by atoms with Crippen LogP contribution in [0.1, 0.15) is 41.0 Å². The molecule has 1 saturated heterocycles. The quantitative estimate of drug-likeness (QED) is 0.713. The van der Waals surface area contributed by atoms with Crippen molar-refractivity contribution in [3.05, 3.63) is 54.0 Å². The van der Waals surface area contributed by atoms with Gasteiger partial charge in [0, 0.05) is 24.7 Å². The molecule has 9 nitrogen and oxygen atoms in total. The number of rotatable bonds is 2. The first kappa shape index (κ1) is 16.8. The lowest BCUT2D eigenvalue weighted by Crippen LogP contribution is -2.48. The third kappa shape index (κ3) is 2.70. The Balaban J connectivity index is 1.43. The predicted molar refractivity (Wildman–Crippen MR) is 101 cm³/mol. The number of carbonyl (C=O) groups excluding carboxylic acids is 1. The number of piperidine rings is 1. The number of amides is 1. The van der Waals surface area contributed by atoms with Crippen molar-refractivity contribution in [3.8, 4) is 5.82 Å². The van der Waals surface area contributed by atoms with Crippen LogP contribution in [0.15, 0.2) is 37.1 Å². The molecule has 3 aromatic rings. The number of hydrogen-bond acceptors (Lipinski definition) is 7. The fourth-order valence-corrected chi connectivity index (χ4v) is 4.42. The van der Waals surface area contributed by atoms with Gasteiger partial charge in [0.15, 0.2) is 0 Å². The van der Waals surface area contributed by atoms with Crippen LogP contribution in [0, 0.1) is 0 Å². The molecule has 0 aromatic carbocycles. The van der Waals surface area contributed by atoms with Crippen LogP contribution >= 0.6 is 0 Å². The minimum Gasteiger partial charge on any atom is -0.368 e. The Hall–Kier alpha value is -3.36. The second kappa shape index (κ2) is 6.36. The molecule has 0 bridgehead atoms. The van der Waals surface area contributed by atoms with E-state index in [1.807, 2.05) is 23.2 Å². The van der Waals surface area contributed by atoms with Gasteiger partial charge in [-0.15, -0.1) is 10.2 Å². The van der Waals surface area contributed by atoms with Crippen LogP contribution in [0.25, 0.3) is 5.82 Å². The van der Waals surface area contributed by atoms with Crippen molar-refractivity contribution in [2.75, 3.05) is 18.8 Å². The maximum atomic E-state index is 13.2. The molecule has 1 unspecified atom stereocenters. The standard InChI is InChI=1S/C19H20N8O/c20-18-21-9-13-5-7-19(16(13)25-18)6-2-8-26(10-19)17(28)14-3-1-4-15(24-14)27-11-22-23-12-27/h1,3-4,9,11-12H,2,5-8,10H2,(H2,20,21,25). The average molecular weight is 376 g/mol. The molecule has 5 rings (SSSR count). The van der Waals surface area contributed by atoms with Crippen LogP contribution < -0.4 is 5.73 Å². The molecule has 1 atom stereocenters. The van der Waals surface area contributed by atoms with E-state index in [-0.39, 0.29) is 11.3 Å². The van der Waals surface area contributed by atoms with E-state index in [1.165, 1.54) is 0 Å². The van der Waals surface area contributed by atoms with Crippen molar-refractivity contribution in [1.82, 2.24) is 34.6 Å². The SMILES string of the molecule is Nc1ncc2c(n1)C1(CCCN(C(=O)c3cccc(-n4cnnc4)n3)C1)CC2. The third-order valence-electron chi connectivity index (χ3n) is 5.76. The maximum absolute atomic E-state index is 13.2. The smallest absolute Gasteiger partial charge is 0.272 e. The Kier molecular flexibility index (Phi) is 3.81. The molecular formula is C19H20N8O. The Morgan fingerprint density at radius 2 is 2.00 bits per heavy atom. The van der Waals surface area contributed by atoms with Gasteiger partial charge in [-0.05, 0) is 43.4 Å². The number of nitrogen functional groups attached to an aromatic ring is 1. The minimum absolute atomic E-state index is 0.0653. The maximum Gasteiger partial charge on any atom is 0.272 e. The number of nitrogens with two attached hydrogens (primary N) is 1. The summed E-state index contributed by atoms with van der Waals surface area (Å²) in [6, 6.07) is 5.40. The van der Waals surface area contributed by atoms with E-state index in [0.29, 0.717) is 24.0 Å². The van der Waals surface area contributed by atoms with Crippen LogP contribution in [-0.4, -0.2) is 53.6 Å². The summed E-state index contributed by atoms with van der Waals surface area (Å²) in [6.45, 7) is 1.35. The summed E-state index contributed by atoms with van der Waals surface area (Å²) in [5.41, 5.74) is 8.30. The number of hydrogen-bond donors (Lipinski definition) is 1. The lowest BCUT2D eigenvalue weighted by Gasteiger charge is -2.40. The first-order chi connectivity index (χ1) is 13.6. The molecule has 1 spiro atoms. The molecule has 2 aliphatic rings. The van der Waals surface area contributed by atoms with Crippen molar-refractivity contribution in [3.63, 3.8) is 0 Å². The second-order valence-electron chi connectivity index (χ2n) is 7.46. The van der Waals surface area contributed by atoms with Crippen LogP contribution in [0.2, 0.25) is 0 Å². The summed E-state index contributed by atoms with van der Waals surface area (Å²) in [4.78, 5) is 28.3. The zero-order valence-electron chi connectivity index (χ0n) is 15.3. The molecule has 1 fully saturated rings. The van der Waals surface area contributed by atoms with E-state index in [0.717, 1.165) is 43.5 Å². The van der Waals surface area contributed by atoms with E-state index < -0.39 is 0 Å². The zero-order chi connectivity index (χ0) is 19.1. The van der Waals surface area contributed by atoms with Crippen LogP contribution in [0.5, 0.6) is 0 Å². The number of anilines is 1. The predicted octanol–water partition coefficient (Wildman–Crippen LogP) is 1.15. The summed E-state index contributed by atoms with van der Waals surface area (Å²) < 4.78 is 1.68. The monoisotopic (exact) mass is 376 g/mol. The summed E-state index contributed by atoms with van der Waals surface area (Å²) in [6.07, 6.45) is 8.79. The molecule has 28 heavy (non-hydrogen) atoms. The van der Waals surface area contributed by atoms with E-state index in [4.69, 9.17) is 5.73 Å². The number of nitrogens with zero attached hydrogens (tertiary/aromatic N) is 7. The largest absolute Gasteiger partial charge is 0.368 e. The first-order valence-corrected chi connectivity index (χ1v) is 9.38. The normalized spacial score (nSPS) is 21.1. The fourth-order valence-electron chi connectivity index (χ4n) is 4.42. The van der Waals surface area contributed by atoms with Gasteiger partial charge < -0.3 is 10.6 Å². The molecule has 1 amide bonds. The lowest BCUT2D eigenvalue weighted by molar-refractivity contribution is 0.0627. The van der Waals surface area contributed by atoms with E-state index in [9.17, 15) is 4.79 Å². The highest BCUT2D eigenvalue weighted by atomic mass is 16.2. The number of aromatic nitrogens is 6. The van der Waals surface area contributed by atoms with Gasteiger partial charge in [-0.25, -0.2) is 15.0 Å². The number of aryl methyl sites for hydroxylation is 1. The highest BCUT2D eigenvalue weighted by Gasteiger charge is 2.45. The molecule has 142 valence electrons. The molecule has 3 aromatic heterocycles. The highest BCUT2D eigenvalue weighted by Crippen LogP contribution is 2.44. The average Bonchev–Trinajstić information content (AvgIpc) is 3.37. The van der Waals surface area contributed by atoms with Crippen LogP contribution in [0.4, 0.5) is 5.95 Å². The molecule has 2 N–H and O–H groups in total. The van der Waals surface area contributed by atoms with Crippen molar-refractivity contribution in [1.29, 1.82) is 0 Å². The number of fused-ring (bicyclic) bond motifs is 2.